The SMILES string of the molecule is Cc1cc(OC2CN(C(=O)CCc3ccc(Cl)c(F)c3)C2)cc(=O)n1C1CC1. The third-order valence-electron chi connectivity index (χ3n) is 5.26. The molecular formula is C21H22ClFN2O3. The Bertz CT molecular complexity index is 965. The van der Waals surface area contributed by atoms with E-state index in [9.17, 15) is 14.0 Å². The molecule has 0 atom stereocenters. The molecule has 0 N–H and O–H groups in total. The van der Waals surface area contributed by atoms with Crippen molar-refractivity contribution in [2.24, 2.45) is 0 Å². The highest BCUT2D eigenvalue weighted by Crippen LogP contribution is 2.35. The first kappa shape index (κ1) is 19.0. The number of carbonyl (C=O) groups excluding carboxylic acids is 1. The second-order valence-corrected chi connectivity index (χ2v) is 7.97. The molecule has 0 radical (unpaired) electrons. The maximum atomic E-state index is 13.5. The third-order valence-corrected chi connectivity index (χ3v) is 5.57. The summed E-state index contributed by atoms with van der Waals surface area (Å²) >= 11 is 5.67. The van der Waals surface area contributed by atoms with Gasteiger partial charge in [-0.05, 0) is 49.9 Å². The summed E-state index contributed by atoms with van der Waals surface area (Å²) in [4.78, 5) is 26.2. The van der Waals surface area contributed by atoms with Gasteiger partial charge in [-0.1, -0.05) is 17.7 Å². The zero-order chi connectivity index (χ0) is 19.8. The van der Waals surface area contributed by atoms with Gasteiger partial charge in [0.05, 0.1) is 18.1 Å². The van der Waals surface area contributed by atoms with E-state index in [2.05, 4.69) is 0 Å². The van der Waals surface area contributed by atoms with Crippen LogP contribution in [-0.2, 0) is 11.2 Å². The molecule has 7 heteroatoms. The summed E-state index contributed by atoms with van der Waals surface area (Å²) in [7, 11) is 0. The van der Waals surface area contributed by atoms with E-state index in [1.807, 2.05) is 17.6 Å². The number of pyridine rings is 1. The van der Waals surface area contributed by atoms with E-state index in [1.165, 1.54) is 18.2 Å². The van der Waals surface area contributed by atoms with Gasteiger partial charge in [-0.2, -0.15) is 0 Å². The van der Waals surface area contributed by atoms with Crippen molar-refractivity contribution in [1.29, 1.82) is 0 Å². The Morgan fingerprint density at radius 2 is 2.00 bits per heavy atom. The molecule has 2 heterocycles. The third kappa shape index (κ3) is 4.07. The summed E-state index contributed by atoms with van der Waals surface area (Å²) in [6.45, 7) is 2.92. The summed E-state index contributed by atoms with van der Waals surface area (Å²) in [5.74, 6) is 0.103. The predicted octanol–water partition coefficient (Wildman–Crippen LogP) is 3.51. The van der Waals surface area contributed by atoms with Crippen molar-refractivity contribution in [3.8, 4) is 5.75 Å². The number of ether oxygens (including phenoxy) is 1. The average molecular weight is 405 g/mol. The monoisotopic (exact) mass is 404 g/mol. The Morgan fingerprint density at radius 1 is 1.25 bits per heavy atom. The first-order chi connectivity index (χ1) is 13.4. The van der Waals surface area contributed by atoms with E-state index in [0.717, 1.165) is 24.1 Å². The van der Waals surface area contributed by atoms with E-state index in [-0.39, 0.29) is 22.6 Å². The van der Waals surface area contributed by atoms with Crippen molar-refractivity contribution in [2.45, 2.75) is 44.8 Å². The highest BCUT2D eigenvalue weighted by atomic mass is 35.5. The van der Waals surface area contributed by atoms with Crippen LogP contribution < -0.4 is 10.3 Å². The van der Waals surface area contributed by atoms with Gasteiger partial charge in [-0.3, -0.25) is 9.59 Å². The van der Waals surface area contributed by atoms with Crippen molar-refractivity contribution < 1.29 is 13.9 Å². The Labute approximate surface area is 167 Å². The molecule has 1 aliphatic carbocycles. The van der Waals surface area contributed by atoms with Gasteiger partial charge in [0, 0.05) is 24.2 Å². The van der Waals surface area contributed by atoms with Crippen LogP contribution in [0.25, 0.3) is 0 Å². The van der Waals surface area contributed by atoms with Gasteiger partial charge in [0.1, 0.15) is 17.7 Å². The summed E-state index contributed by atoms with van der Waals surface area (Å²) in [5, 5.41) is 0.0813. The quantitative estimate of drug-likeness (QED) is 0.740. The minimum atomic E-state index is -0.470. The first-order valence-electron chi connectivity index (χ1n) is 9.52. The number of nitrogens with zero attached hydrogens (tertiary/aromatic N) is 2. The number of halogens is 2. The number of likely N-dealkylation sites (tertiary alicyclic amines) is 1. The Hall–Kier alpha value is -2.34. The number of carbonyl (C=O) groups is 1. The molecular weight excluding hydrogens is 383 g/mol. The number of hydrogen-bond acceptors (Lipinski definition) is 3. The normalized spacial score (nSPS) is 16.8. The minimum absolute atomic E-state index is 0.00976. The van der Waals surface area contributed by atoms with Gasteiger partial charge in [0.15, 0.2) is 0 Å². The predicted molar refractivity (Wildman–Crippen MR) is 104 cm³/mol. The molecule has 5 nitrogen and oxygen atoms in total. The van der Waals surface area contributed by atoms with Crippen LogP contribution in [0, 0.1) is 12.7 Å². The van der Waals surface area contributed by atoms with Crippen LogP contribution >= 0.6 is 11.6 Å². The molecule has 1 aromatic heterocycles. The summed E-state index contributed by atoms with van der Waals surface area (Å²) in [5.41, 5.74) is 1.63. The second kappa shape index (κ2) is 7.59. The van der Waals surface area contributed by atoms with E-state index in [1.54, 1.807) is 11.0 Å². The maximum Gasteiger partial charge on any atom is 0.254 e. The van der Waals surface area contributed by atoms with Crippen molar-refractivity contribution in [1.82, 2.24) is 9.47 Å². The second-order valence-electron chi connectivity index (χ2n) is 7.56. The van der Waals surface area contributed by atoms with Crippen molar-refractivity contribution >= 4 is 17.5 Å². The fraction of sp³-hybridized carbons (Fsp3) is 0.429. The Kier molecular flexibility index (Phi) is 5.15. The smallest absolute Gasteiger partial charge is 0.254 e. The van der Waals surface area contributed by atoms with Gasteiger partial charge >= 0.3 is 0 Å². The highest BCUT2D eigenvalue weighted by molar-refractivity contribution is 6.30. The lowest BCUT2D eigenvalue weighted by Gasteiger charge is -2.39. The lowest BCUT2D eigenvalue weighted by Crippen LogP contribution is -2.56. The molecule has 28 heavy (non-hydrogen) atoms. The highest BCUT2D eigenvalue weighted by Gasteiger charge is 2.32. The zero-order valence-corrected chi connectivity index (χ0v) is 16.4. The molecule has 2 fully saturated rings. The molecule has 0 unspecified atom stereocenters. The van der Waals surface area contributed by atoms with Crippen LogP contribution in [0.15, 0.2) is 35.1 Å². The Morgan fingerprint density at radius 3 is 2.64 bits per heavy atom. The average Bonchev–Trinajstić information content (AvgIpc) is 3.43. The molecule has 1 aromatic carbocycles. The van der Waals surface area contributed by atoms with Crippen molar-refractivity contribution in [2.75, 3.05) is 13.1 Å². The molecule has 4 rings (SSSR count). The number of rotatable bonds is 6. The van der Waals surface area contributed by atoms with Gasteiger partial charge < -0.3 is 14.2 Å². The molecule has 1 aliphatic heterocycles. The van der Waals surface area contributed by atoms with Crippen LogP contribution in [0.4, 0.5) is 4.39 Å². The minimum Gasteiger partial charge on any atom is -0.486 e. The zero-order valence-electron chi connectivity index (χ0n) is 15.7. The van der Waals surface area contributed by atoms with E-state index in [4.69, 9.17) is 16.3 Å². The molecule has 0 bridgehead atoms. The summed E-state index contributed by atoms with van der Waals surface area (Å²) < 4.78 is 21.1. The van der Waals surface area contributed by atoms with Crippen molar-refractivity contribution in [3.63, 3.8) is 0 Å². The summed E-state index contributed by atoms with van der Waals surface area (Å²) in [6.07, 6.45) is 2.79. The van der Waals surface area contributed by atoms with Crippen LogP contribution in [0.5, 0.6) is 5.75 Å². The number of hydrogen-bond donors (Lipinski definition) is 0. The van der Waals surface area contributed by atoms with Crippen molar-refractivity contribution in [3.05, 3.63) is 62.8 Å². The van der Waals surface area contributed by atoms with Gasteiger partial charge in [0.25, 0.3) is 5.56 Å². The molecule has 148 valence electrons. The lowest BCUT2D eigenvalue weighted by atomic mass is 10.1. The van der Waals surface area contributed by atoms with Gasteiger partial charge in [0.2, 0.25) is 5.91 Å². The standard InChI is InChI=1S/C21H22ClFN2O3/c1-13-8-16(10-21(27)25(13)15-4-5-15)28-17-11-24(12-17)20(26)7-3-14-2-6-18(22)19(23)9-14/h2,6,8-10,15,17H,3-5,7,11-12H2,1H3. The van der Waals surface area contributed by atoms with Gasteiger partial charge in [-0.25, -0.2) is 4.39 Å². The molecule has 2 aliphatic rings. The van der Waals surface area contributed by atoms with Crippen LogP contribution in [0.3, 0.4) is 0 Å². The lowest BCUT2D eigenvalue weighted by molar-refractivity contribution is -0.139. The van der Waals surface area contributed by atoms with Gasteiger partial charge in [-0.15, -0.1) is 0 Å². The number of aromatic nitrogens is 1. The first-order valence-corrected chi connectivity index (χ1v) is 9.90. The van der Waals surface area contributed by atoms with Crippen LogP contribution in [0.2, 0.25) is 5.02 Å². The maximum absolute atomic E-state index is 13.5. The Balaban J connectivity index is 1.27. The molecule has 1 amide bonds. The molecule has 1 saturated heterocycles. The van der Waals surface area contributed by atoms with E-state index in [0.29, 0.717) is 37.7 Å². The molecule has 1 saturated carbocycles. The fourth-order valence-electron chi connectivity index (χ4n) is 3.56. The molecule has 0 spiro atoms. The number of aryl methyl sites for hydroxylation is 2. The summed E-state index contributed by atoms with van der Waals surface area (Å²) in [6, 6.07) is 8.36. The number of amides is 1. The molecule has 2 aromatic rings. The number of benzene rings is 1. The van der Waals surface area contributed by atoms with E-state index >= 15 is 0 Å². The topological polar surface area (TPSA) is 51.5 Å². The van der Waals surface area contributed by atoms with Crippen LogP contribution in [0.1, 0.15) is 36.6 Å². The largest absolute Gasteiger partial charge is 0.486 e. The van der Waals surface area contributed by atoms with Crippen LogP contribution in [-0.4, -0.2) is 34.6 Å². The van der Waals surface area contributed by atoms with E-state index < -0.39 is 5.82 Å². The fourth-order valence-corrected chi connectivity index (χ4v) is 3.68.